The van der Waals surface area contributed by atoms with Gasteiger partial charge >= 0.3 is 0 Å². The Morgan fingerprint density at radius 2 is 2.13 bits per heavy atom. The molecule has 9 nitrogen and oxygen atoms in total. The molecule has 4 heterocycles. The predicted molar refractivity (Wildman–Crippen MR) is 110 cm³/mol. The standard InChI is InChI=1S/C20H23F2N7O2/c1-3-29-11-13(8-25-29)15-10-24-17-16(27-15)14(9-23-17)12(2)26-18(30)19(31)28-6-4-20(21,22)5-7-28/h8-11,18,26,30H,2-7H2,1H3,(H,23,24). The number of nitrogens with one attached hydrogen (secondary N) is 2. The lowest BCUT2D eigenvalue weighted by Gasteiger charge is -2.33. The van der Waals surface area contributed by atoms with Crippen LogP contribution in [0.3, 0.4) is 0 Å². The fraction of sp³-hybridized carbons (Fsp3) is 0.400. The highest BCUT2D eigenvalue weighted by molar-refractivity contribution is 5.89. The molecule has 1 aliphatic rings. The summed E-state index contributed by atoms with van der Waals surface area (Å²) in [4.78, 5) is 25.6. The van der Waals surface area contributed by atoms with Gasteiger partial charge in [0, 0.05) is 61.7 Å². The summed E-state index contributed by atoms with van der Waals surface area (Å²) in [7, 11) is 0. The molecule has 11 heteroatoms. The second kappa shape index (κ2) is 8.06. The summed E-state index contributed by atoms with van der Waals surface area (Å²) in [5.41, 5.74) is 3.24. The second-order valence-corrected chi connectivity index (χ2v) is 7.45. The van der Waals surface area contributed by atoms with Gasteiger partial charge < -0.3 is 20.3 Å². The molecule has 4 rings (SSSR count). The number of H-pyrrole nitrogens is 1. The highest BCUT2D eigenvalue weighted by Gasteiger charge is 2.37. The fourth-order valence-corrected chi connectivity index (χ4v) is 3.46. The number of piperidine rings is 1. The summed E-state index contributed by atoms with van der Waals surface area (Å²) in [5.74, 6) is -3.44. The van der Waals surface area contributed by atoms with E-state index in [-0.39, 0.29) is 18.8 Å². The minimum Gasteiger partial charge on any atom is -0.366 e. The quantitative estimate of drug-likeness (QED) is 0.515. The number of aliphatic hydroxyl groups is 1. The summed E-state index contributed by atoms with van der Waals surface area (Å²) >= 11 is 0. The molecule has 1 unspecified atom stereocenters. The summed E-state index contributed by atoms with van der Waals surface area (Å²) in [5, 5.41) is 17.2. The number of nitrogens with zero attached hydrogens (tertiary/aromatic N) is 5. The van der Waals surface area contributed by atoms with Gasteiger partial charge in [0.05, 0.1) is 18.1 Å². The largest absolute Gasteiger partial charge is 0.366 e. The van der Waals surface area contributed by atoms with Gasteiger partial charge in [0.1, 0.15) is 5.52 Å². The number of alkyl halides is 2. The molecule has 0 saturated carbocycles. The SMILES string of the molecule is C=C(NC(O)C(=O)N1CCC(F)(F)CC1)c1c[nH]c2ncc(-c3cnn(CC)c3)nc12. The van der Waals surface area contributed by atoms with Crippen molar-refractivity contribution in [3.8, 4) is 11.3 Å². The van der Waals surface area contributed by atoms with E-state index in [4.69, 9.17) is 0 Å². The van der Waals surface area contributed by atoms with Gasteiger partial charge in [-0.1, -0.05) is 6.58 Å². The molecule has 0 spiro atoms. The van der Waals surface area contributed by atoms with Gasteiger partial charge in [0.15, 0.2) is 5.65 Å². The average molecular weight is 431 g/mol. The van der Waals surface area contributed by atoms with E-state index >= 15 is 0 Å². The van der Waals surface area contributed by atoms with E-state index in [1.54, 1.807) is 23.3 Å². The molecule has 1 saturated heterocycles. The summed E-state index contributed by atoms with van der Waals surface area (Å²) < 4.78 is 28.4. The molecule has 3 aromatic rings. The molecule has 3 aromatic heterocycles. The van der Waals surface area contributed by atoms with E-state index in [2.05, 4.69) is 31.9 Å². The van der Waals surface area contributed by atoms with E-state index in [0.29, 0.717) is 22.4 Å². The van der Waals surface area contributed by atoms with E-state index in [1.165, 1.54) is 4.90 Å². The Kier molecular flexibility index (Phi) is 5.44. The highest BCUT2D eigenvalue weighted by Crippen LogP contribution is 2.28. The Hall–Kier alpha value is -3.34. The van der Waals surface area contributed by atoms with Crippen LogP contribution in [0.15, 0.2) is 31.4 Å². The summed E-state index contributed by atoms with van der Waals surface area (Å²) in [6.45, 7) is 6.39. The van der Waals surface area contributed by atoms with E-state index in [1.807, 2.05) is 13.1 Å². The van der Waals surface area contributed by atoms with Crippen molar-refractivity contribution in [2.24, 2.45) is 0 Å². The fourth-order valence-electron chi connectivity index (χ4n) is 3.46. The van der Waals surface area contributed by atoms with Gasteiger partial charge in [-0.15, -0.1) is 0 Å². The Morgan fingerprint density at radius 1 is 1.39 bits per heavy atom. The van der Waals surface area contributed by atoms with Crippen molar-refractivity contribution in [3.63, 3.8) is 0 Å². The molecule has 3 N–H and O–H groups in total. The normalized spacial score (nSPS) is 17.0. The van der Waals surface area contributed by atoms with Gasteiger partial charge in [-0.05, 0) is 6.92 Å². The molecule has 0 aliphatic carbocycles. The Morgan fingerprint density at radius 3 is 2.81 bits per heavy atom. The monoisotopic (exact) mass is 431 g/mol. The summed E-state index contributed by atoms with van der Waals surface area (Å²) in [6, 6.07) is 0. The number of rotatable bonds is 6. The average Bonchev–Trinajstić information content (AvgIpc) is 3.39. The molecule has 1 fully saturated rings. The van der Waals surface area contributed by atoms with Crippen molar-refractivity contribution >= 4 is 22.8 Å². The smallest absolute Gasteiger partial charge is 0.272 e. The van der Waals surface area contributed by atoms with Crippen LogP contribution in [0.25, 0.3) is 28.1 Å². The first-order valence-electron chi connectivity index (χ1n) is 9.95. The van der Waals surface area contributed by atoms with Gasteiger partial charge in [-0.2, -0.15) is 5.10 Å². The number of hydrogen-bond acceptors (Lipinski definition) is 6. The molecule has 0 radical (unpaired) electrons. The van der Waals surface area contributed by atoms with Crippen molar-refractivity contribution in [3.05, 3.63) is 36.9 Å². The Labute approximate surface area is 176 Å². The second-order valence-electron chi connectivity index (χ2n) is 7.45. The minimum absolute atomic E-state index is 0.107. The number of carbonyl (C=O) groups is 1. The van der Waals surface area contributed by atoms with Crippen molar-refractivity contribution < 1.29 is 18.7 Å². The molecule has 1 aliphatic heterocycles. The van der Waals surface area contributed by atoms with Crippen LogP contribution < -0.4 is 5.32 Å². The van der Waals surface area contributed by atoms with Crippen molar-refractivity contribution in [1.29, 1.82) is 0 Å². The number of amides is 1. The molecular formula is C20H23F2N7O2. The molecular weight excluding hydrogens is 408 g/mol. The zero-order chi connectivity index (χ0) is 22.2. The third-order valence-corrected chi connectivity index (χ3v) is 5.31. The van der Waals surface area contributed by atoms with E-state index < -0.39 is 30.9 Å². The Balaban J connectivity index is 1.49. The molecule has 164 valence electrons. The third kappa shape index (κ3) is 4.26. The predicted octanol–water partition coefficient (Wildman–Crippen LogP) is 1.98. The third-order valence-electron chi connectivity index (χ3n) is 5.31. The molecule has 31 heavy (non-hydrogen) atoms. The first-order valence-corrected chi connectivity index (χ1v) is 9.95. The van der Waals surface area contributed by atoms with E-state index in [0.717, 1.165) is 12.1 Å². The zero-order valence-electron chi connectivity index (χ0n) is 17.0. The first-order chi connectivity index (χ1) is 14.8. The molecule has 1 atom stereocenters. The van der Waals surface area contributed by atoms with Crippen molar-refractivity contribution in [2.45, 2.75) is 38.5 Å². The maximum Gasteiger partial charge on any atom is 0.272 e. The van der Waals surface area contributed by atoms with Gasteiger partial charge in [0.2, 0.25) is 6.23 Å². The van der Waals surface area contributed by atoms with E-state index in [9.17, 15) is 18.7 Å². The topological polar surface area (TPSA) is 112 Å². The van der Waals surface area contributed by atoms with Gasteiger partial charge in [-0.3, -0.25) is 9.48 Å². The van der Waals surface area contributed by atoms with Crippen LogP contribution in [-0.2, 0) is 11.3 Å². The maximum atomic E-state index is 13.3. The number of aryl methyl sites for hydroxylation is 1. The number of hydrogen-bond donors (Lipinski definition) is 3. The minimum atomic E-state index is -2.77. The lowest BCUT2D eigenvalue weighted by atomic mass is 10.1. The van der Waals surface area contributed by atoms with Crippen LogP contribution in [0.5, 0.6) is 0 Å². The van der Waals surface area contributed by atoms with Crippen LogP contribution in [0.4, 0.5) is 8.78 Å². The van der Waals surface area contributed by atoms with Crippen molar-refractivity contribution in [1.82, 2.24) is 34.9 Å². The number of fused-ring (bicyclic) bond motifs is 1. The Bertz CT molecular complexity index is 1110. The lowest BCUT2D eigenvalue weighted by Crippen LogP contribution is -2.50. The highest BCUT2D eigenvalue weighted by atomic mass is 19.3. The molecule has 1 amide bonds. The van der Waals surface area contributed by atoms with Crippen molar-refractivity contribution in [2.75, 3.05) is 13.1 Å². The van der Waals surface area contributed by atoms with Gasteiger partial charge in [-0.25, -0.2) is 18.7 Å². The van der Waals surface area contributed by atoms with Crippen LogP contribution in [-0.4, -0.2) is 65.9 Å². The maximum absolute atomic E-state index is 13.3. The zero-order valence-corrected chi connectivity index (χ0v) is 17.0. The number of aromatic nitrogens is 5. The number of halogens is 2. The van der Waals surface area contributed by atoms with Crippen LogP contribution in [0.1, 0.15) is 25.3 Å². The number of carbonyl (C=O) groups excluding carboxylic acids is 1. The molecule has 0 aromatic carbocycles. The number of aliphatic hydroxyl groups excluding tert-OH is 1. The van der Waals surface area contributed by atoms with Crippen LogP contribution >= 0.6 is 0 Å². The lowest BCUT2D eigenvalue weighted by molar-refractivity contribution is -0.147. The van der Waals surface area contributed by atoms with Crippen LogP contribution in [0.2, 0.25) is 0 Å². The summed E-state index contributed by atoms with van der Waals surface area (Å²) in [6.07, 6.45) is 4.37. The molecule has 0 bridgehead atoms. The number of likely N-dealkylation sites (tertiary alicyclic amines) is 1. The first kappa shape index (κ1) is 20.9. The number of aromatic amines is 1. The van der Waals surface area contributed by atoms with Gasteiger partial charge in [0.25, 0.3) is 11.8 Å². The van der Waals surface area contributed by atoms with Crippen LogP contribution in [0, 0.1) is 0 Å².